The summed E-state index contributed by atoms with van der Waals surface area (Å²) in [5.74, 6) is 1.51. The third-order valence-corrected chi connectivity index (χ3v) is 3.31. The number of hydrogen-bond acceptors (Lipinski definition) is 4. The van der Waals surface area contributed by atoms with Gasteiger partial charge in [-0.1, -0.05) is 11.6 Å². The summed E-state index contributed by atoms with van der Waals surface area (Å²) >= 11 is 11.9. The van der Waals surface area contributed by atoms with Gasteiger partial charge < -0.3 is 19.6 Å². The molecule has 1 aromatic heterocycles. The van der Waals surface area contributed by atoms with Crippen LogP contribution in [0.25, 0.3) is 0 Å². The summed E-state index contributed by atoms with van der Waals surface area (Å²) < 4.78 is 15.7. The molecule has 0 spiro atoms. The van der Waals surface area contributed by atoms with Crippen LogP contribution >= 0.6 is 23.2 Å². The van der Waals surface area contributed by atoms with Crippen molar-refractivity contribution in [2.24, 2.45) is 5.73 Å². The molecule has 19 heavy (non-hydrogen) atoms. The number of benzene rings is 1. The first-order valence-electron chi connectivity index (χ1n) is 5.49. The van der Waals surface area contributed by atoms with Gasteiger partial charge in [-0.25, -0.2) is 0 Å². The number of rotatable bonds is 4. The molecule has 4 nitrogen and oxygen atoms in total. The lowest BCUT2D eigenvalue weighted by molar-refractivity contribution is 0.387. The topological polar surface area (TPSA) is 57.6 Å². The number of nitrogens with two attached hydrogens (primary N) is 1. The normalized spacial score (nSPS) is 12.3. The fourth-order valence-electron chi connectivity index (χ4n) is 1.81. The second-order valence-electron chi connectivity index (χ2n) is 3.82. The summed E-state index contributed by atoms with van der Waals surface area (Å²) in [4.78, 5) is 0. The van der Waals surface area contributed by atoms with Crippen molar-refractivity contribution in [3.8, 4) is 11.5 Å². The molecule has 0 fully saturated rings. The molecule has 0 bridgehead atoms. The highest BCUT2D eigenvalue weighted by Crippen LogP contribution is 2.40. The Hall–Kier alpha value is -1.36. The highest BCUT2D eigenvalue weighted by atomic mass is 35.5. The van der Waals surface area contributed by atoms with Crippen LogP contribution in [-0.2, 0) is 0 Å². The Bertz CT molecular complexity index is 583. The van der Waals surface area contributed by atoms with E-state index in [0.29, 0.717) is 27.8 Å². The van der Waals surface area contributed by atoms with Gasteiger partial charge in [-0.15, -0.1) is 0 Å². The van der Waals surface area contributed by atoms with E-state index in [4.69, 9.17) is 42.8 Å². The molecule has 1 heterocycles. The molecule has 0 aliphatic rings. The van der Waals surface area contributed by atoms with E-state index in [0.717, 1.165) is 0 Å². The third-order valence-electron chi connectivity index (χ3n) is 2.75. The first-order chi connectivity index (χ1) is 9.08. The van der Waals surface area contributed by atoms with Gasteiger partial charge in [-0.3, -0.25) is 0 Å². The number of hydrogen-bond donors (Lipinski definition) is 1. The highest BCUT2D eigenvalue weighted by molar-refractivity contribution is 6.33. The maximum atomic E-state index is 6.19. The smallest absolute Gasteiger partial charge is 0.193 e. The number of furan rings is 1. The summed E-state index contributed by atoms with van der Waals surface area (Å²) in [5, 5.41) is 0.652. The molecule has 1 unspecified atom stereocenters. The zero-order valence-electron chi connectivity index (χ0n) is 10.4. The predicted octanol–water partition coefficient (Wildman–Crippen LogP) is 3.65. The summed E-state index contributed by atoms with van der Waals surface area (Å²) in [6.07, 6.45) is 0. The molecule has 1 atom stereocenters. The number of methoxy groups -OCH3 is 2. The summed E-state index contributed by atoms with van der Waals surface area (Å²) in [6.45, 7) is 0. The molecule has 2 aromatic rings. The van der Waals surface area contributed by atoms with E-state index >= 15 is 0 Å². The molecular formula is C13H13Cl2NO3. The first-order valence-corrected chi connectivity index (χ1v) is 6.25. The lowest BCUT2D eigenvalue weighted by Gasteiger charge is -2.16. The molecule has 1 aromatic carbocycles. The Morgan fingerprint density at radius 3 is 2.37 bits per heavy atom. The van der Waals surface area contributed by atoms with E-state index in [1.165, 1.54) is 14.2 Å². The van der Waals surface area contributed by atoms with Crippen LogP contribution in [-0.4, -0.2) is 14.2 Å². The van der Waals surface area contributed by atoms with Gasteiger partial charge in [-0.05, 0) is 35.9 Å². The highest BCUT2D eigenvalue weighted by Gasteiger charge is 2.21. The van der Waals surface area contributed by atoms with Gasteiger partial charge in [0.05, 0.1) is 20.3 Å². The number of halogens is 2. The van der Waals surface area contributed by atoms with Gasteiger partial charge >= 0.3 is 0 Å². The van der Waals surface area contributed by atoms with E-state index in [1.54, 1.807) is 24.3 Å². The lowest BCUT2D eigenvalue weighted by Crippen LogP contribution is -2.12. The third kappa shape index (κ3) is 2.66. The average Bonchev–Trinajstić information content (AvgIpc) is 2.84. The van der Waals surface area contributed by atoms with Gasteiger partial charge in [0.25, 0.3) is 0 Å². The van der Waals surface area contributed by atoms with Gasteiger partial charge in [-0.2, -0.15) is 0 Å². The second-order valence-corrected chi connectivity index (χ2v) is 4.57. The van der Waals surface area contributed by atoms with Gasteiger partial charge in [0, 0.05) is 5.56 Å². The van der Waals surface area contributed by atoms with E-state index in [9.17, 15) is 0 Å². The van der Waals surface area contributed by atoms with E-state index in [-0.39, 0.29) is 5.22 Å². The molecule has 2 rings (SSSR count). The zero-order chi connectivity index (χ0) is 14.0. The summed E-state index contributed by atoms with van der Waals surface area (Å²) in [6, 6.07) is 6.33. The SMILES string of the molecule is COc1ccc(C(N)c2ccc(Cl)o2)c(OC)c1Cl. The maximum absolute atomic E-state index is 6.19. The van der Waals surface area contributed by atoms with Crippen LogP contribution in [0.5, 0.6) is 11.5 Å². The van der Waals surface area contributed by atoms with E-state index in [1.807, 2.05) is 0 Å². The fraction of sp³-hybridized carbons (Fsp3) is 0.231. The van der Waals surface area contributed by atoms with Gasteiger partial charge in [0.1, 0.15) is 22.3 Å². The van der Waals surface area contributed by atoms with Crippen molar-refractivity contribution < 1.29 is 13.9 Å². The van der Waals surface area contributed by atoms with Crippen LogP contribution in [0.4, 0.5) is 0 Å². The van der Waals surface area contributed by atoms with Crippen molar-refractivity contribution in [1.29, 1.82) is 0 Å². The minimum Gasteiger partial charge on any atom is -0.495 e. The molecule has 2 N–H and O–H groups in total. The maximum Gasteiger partial charge on any atom is 0.193 e. The van der Waals surface area contributed by atoms with Crippen molar-refractivity contribution in [3.63, 3.8) is 0 Å². The Labute approximate surface area is 121 Å². The van der Waals surface area contributed by atoms with Crippen LogP contribution in [0.15, 0.2) is 28.7 Å². The largest absolute Gasteiger partial charge is 0.495 e. The molecule has 0 saturated carbocycles. The van der Waals surface area contributed by atoms with Crippen molar-refractivity contribution in [2.45, 2.75) is 6.04 Å². The average molecular weight is 302 g/mol. The Kier molecular flexibility index (Phi) is 4.24. The van der Waals surface area contributed by atoms with Crippen molar-refractivity contribution in [1.82, 2.24) is 0 Å². The van der Waals surface area contributed by atoms with Crippen LogP contribution in [0.2, 0.25) is 10.2 Å². The number of ether oxygens (including phenoxy) is 2. The minimum atomic E-state index is -0.522. The summed E-state index contributed by atoms with van der Waals surface area (Å²) in [5.41, 5.74) is 6.83. The molecule has 102 valence electrons. The quantitative estimate of drug-likeness (QED) is 0.936. The fourth-order valence-corrected chi connectivity index (χ4v) is 2.29. The van der Waals surface area contributed by atoms with E-state index < -0.39 is 6.04 Å². The van der Waals surface area contributed by atoms with Crippen LogP contribution < -0.4 is 15.2 Å². The van der Waals surface area contributed by atoms with E-state index in [2.05, 4.69) is 0 Å². The lowest BCUT2D eigenvalue weighted by atomic mass is 10.0. The van der Waals surface area contributed by atoms with Crippen LogP contribution in [0.3, 0.4) is 0 Å². The monoisotopic (exact) mass is 301 g/mol. The van der Waals surface area contributed by atoms with Crippen LogP contribution in [0, 0.1) is 0 Å². The van der Waals surface area contributed by atoms with Crippen molar-refractivity contribution in [2.75, 3.05) is 14.2 Å². The first kappa shape index (κ1) is 14.1. The predicted molar refractivity (Wildman–Crippen MR) is 74.3 cm³/mol. The van der Waals surface area contributed by atoms with Crippen molar-refractivity contribution >= 4 is 23.2 Å². The molecular weight excluding hydrogens is 289 g/mol. The Balaban J connectivity index is 2.47. The molecule has 6 heteroatoms. The van der Waals surface area contributed by atoms with Crippen LogP contribution in [0.1, 0.15) is 17.4 Å². The molecule has 0 saturated heterocycles. The second kappa shape index (κ2) is 5.74. The standard InChI is InChI=1S/C13H13Cl2NO3/c1-17-8-4-3-7(13(18-2)11(8)15)12(16)9-5-6-10(14)19-9/h3-6,12H,16H2,1-2H3. The van der Waals surface area contributed by atoms with Gasteiger partial charge in [0.2, 0.25) is 0 Å². The molecule has 0 aliphatic heterocycles. The summed E-state index contributed by atoms with van der Waals surface area (Å²) in [7, 11) is 3.05. The Morgan fingerprint density at radius 1 is 1.11 bits per heavy atom. The zero-order valence-corrected chi connectivity index (χ0v) is 12.0. The molecule has 0 aliphatic carbocycles. The van der Waals surface area contributed by atoms with Gasteiger partial charge in [0.15, 0.2) is 5.22 Å². The van der Waals surface area contributed by atoms with Crippen molar-refractivity contribution in [3.05, 3.63) is 45.8 Å². The Morgan fingerprint density at radius 2 is 1.84 bits per heavy atom. The molecule has 0 amide bonds. The minimum absolute atomic E-state index is 0.282. The molecule has 0 radical (unpaired) electrons.